The molecule has 0 bridgehead atoms. The van der Waals surface area contributed by atoms with Crippen LogP contribution in [-0.4, -0.2) is 16.1 Å². The fourth-order valence-electron chi connectivity index (χ4n) is 2.60. The summed E-state index contributed by atoms with van der Waals surface area (Å²) < 4.78 is 6.19. The Morgan fingerprint density at radius 2 is 2.14 bits per heavy atom. The molecule has 3 aromatic rings. The Hall–Kier alpha value is -1.94. The highest BCUT2D eigenvalue weighted by atomic mass is 32.1. The predicted molar refractivity (Wildman–Crippen MR) is 85.9 cm³/mol. The number of hydrogen-bond donors (Lipinski definition) is 0. The average molecular weight is 296 g/mol. The summed E-state index contributed by atoms with van der Waals surface area (Å²) in [5.74, 6) is 0.948. The molecule has 21 heavy (non-hydrogen) atoms. The molecule has 4 rings (SSSR count). The zero-order valence-electron chi connectivity index (χ0n) is 11.9. The van der Waals surface area contributed by atoms with Crippen molar-refractivity contribution in [3.05, 3.63) is 41.8 Å². The summed E-state index contributed by atoms with van der Waals surface area (Å²) in [7, 11) is 0. The molecule has 0 atom stereocenters. The van der Waals surface area contributed by atoms with E-state index in [-0.39, 0.29) is 0 Å². The Labute approximate surface area is 127 Å². The zero-order chi connectivity index (χ0) is 14.2. The molecule has 0 radical (unpaired) electrons. The van der Waals surface area contributed by atoms with Crippen molar-refractivity contribution in [2.24, 2.45) is 0 Å². The maximum Gasteiger partial charge on any atom is 0.148 e. The van der Waals surface area contributed by atoms with Gasteiger partial charge in [-0.05, 0) is 37.8 Å². The van der Waals surface area contributed by atoms with E-state index >= 15 is 0 Å². The van der Waals surface area contributed by atoms with Gasteiger partial charge in [0.05, 0.1) is 22.2 Å². The van der Waals surface area contributed by atoms with E-state index in [1.165, 1.54) is 16.9 Å². The van der Waals surface area contributed by atoms with E-state index < -0.39 is 0 Å². The molecule has 0 unspecified atom stereocenters. The number of rotatable bonds is 3. The van der Waals surface area contributed by atoms with E-state index in [0.29, 0.717) is 6.10 Å². The lowest BCUT2D eigenvalue weighted by atomic mass is 9.96. The highest BCUT2D eigenvalue weighted by Gasteiger charge is 2.21. The van der Waals surface area contributed by atoms with Gasteiger partial charge in [-0.1, -0.05) is 12.1 Å². The van der Waals surface area contributed by atoms with Gasteiger partial charge in [0.1, 0.15) is 5.75 Å². The number of ether oxygens (including phenoxy) is 1. The van der Waals surface area contributed by atoms with Crippen LogP contribution in [0, 0.1) is 6.92 Å². The third-order valence-corrected chi connectivity index (χ3v) is 4.90. The van der Waals surface area contributed by atoms with Gasteiger partial charge < -0.3 is 4.74 Å². The fourth-order valence-corrected chi connectivity index (χ4v) is 3.22. The molecule has 0 aliphatic heterocycles. The molecule has 0 N–H and O–H groups in total. The van der Waals surface area contributed by atoms with Crippen LogP contribution < -0.4 is 4.74 Å². The van der Waals surface area contributed by atoms with Gasteiger partial charge in [-0.2, -0.15) is 0 Å². The van der Waals surface area contributed by atoms with Crippen LogP contribution in [0.5, 0.6) is 5.75 Å². The molecule has 106 valence electrons. The Balaban J connectivity index is 1.85. The van der Waals surface area contributed by atoms with Gasteiger partial charge in [-0.3, -0.25) is 9.97 Å². The molecular weight excluding hydrogens is 280 g/mol. The summed E-state index contributed by atoms with van der Waals surface area (Å²) in [5.41, 5.74) is 4.02. The standard InChI is InChI=1S/C17H16N2OS/c1-11-17(20-14-3-2-4-14)15-7-12(16-9-18-10-21-16)5-6-13(15)8-19-11/h5-10,14H,2-4H2,1H3. The number of hydrogen-bond acceptors (Lipinski definition) is 4. The largest absolute Gasteiger partial charge is 0.488 e. The molecule has 1 aromatic carbocycles. The highest BCUT2D eigenvalue weighted by Crippen LogP contribution is 2.35. The third-order valence-electron chi connectivity index (χ3n) is 4.08. The summed E-state index contributed by atoms with van der Waals surface area (Å²) in [6.45, 7) is 2.02. The van der Waals surface area contributed by atoms with Crippen molar-refractivity contribution < 1.29 is 4.74 Å². The molecule has 2 aromatic heterocycles. The van der Waals surface area contributed by atoms with Gasteiger partial charge >= 0.3 is 0 Å². The molecule has 1 saturated carbocycles. The lowest BCUT2D eigenvalue weighted by molar-refractivity contribution is 0.121. The van der Waals surface area contributed by atoms with E-state index in [1.54, 1.807) is 11.3 Å². The second kappa shape index (κ2) is 5.11. The number of thiazole rings is 1. The highest BCUT2D eigenvalue weighted by molar-refractivity contribution is 7.13. The summed E-state index contributed by atoms with van der Waals surface area (Å²) >= 11 is 1.66. The Bertz CT molecular complexity index is 779. The van der Waals surface area contributed by atoms with Gasteiger partial charge in [0.25, 0.3) is 0 Å². The first kappa shape index (κ1) is 12.8. The van der Waals surface area contributed by atoms with Crippen LogP contribution in [-0.2, 0) is 0 Å². The Kier molecular flexibility index (Phi) is 3.11. The van der Waals surface area contributed by atoms with Gasteiger partial charge in [0, 0.05) is 23.2 Å². The number of aromatic nitrogens is 2. The summed E-state index contributed by atoms with van der Waals surface area (Å²) in [5, 5.41) is 2.28. The molecule has 1 aliphatic carbocycles. The molecule has 4 heteroatoms. The second-order valence-corrected chi connectivity index (χ2v) is 6.40. The van der Waals surface area contributed by atoms with E-state index in [9.17, 15) is 0 Å². The summed E-state index contributed by atoms with van der Waals surface area (Å²) in [4.78, 5) is 9.82. The quantitative estimate of drug-likeness (QED) is 0.708. The van der Waals surface area contributed by atoms with E-state index in [1.807, 2.05) is 24.8 Å². The molecular formula is C17H16N2OS. The Morgan fingerprint density at radius 1 is 1.24 bits per heavy atom. The average Bonchev–Trinajstić information content (AvgIpc) is 2.98. The van der Waals surface area contributed by atoms with Crippen LogP contribution in [0.15, 0.2) is 36.1 Å². The molecule has 3 nitrogen and oxygen atoms in total. The van der Waals surface area contributed by atoms with Crippen LogP contribution in [0.3, 0.4) is 0 Å². The van der Waals surface area contributed by atoms with E-state index in [0.717, 1.165) is 35.1 Å². The van der Waals surface area contributed by atoms with Crippen LogP contribution in [0.1, 0.15) is 25.0 Å². The Morgan fingerprint density at radius 3 is 2.86 bits per heavy atom. The minimum Gasteiger partial charge on any atom is -0.488 e. The maximum absolute atomic E-state index is 6.19. The van der Waals surface area contributed by atoms with Crippen molar-refractivity contribution in [3.63, 3.8) is 0 Å². The minimum absolute atomic E-state index is 0.364. The van der Waals surface area contributed by atoms with Gasteiger partial charge in [-0.15, -0.1) is 11.3 Å². The van der Waals surface area contributed by atoms with Crippen LogP contribution in [0.25, 0.3) is 21.2 Å². The van der Waals surface area contributed by atoms with Crippen molar-refractivity contribution in [3.8, 4) is 16.2 Å². The smallest absolute Gasteiger partial charge is 0.148 e. The summed E-state index contributed by atoms with van der Waals surface area (Å²) in [6.07, 6.45) is 7.78. The second-order valence-electron chi connectivity index (χ2n) is 5.51. The molecule has 0 spiro atoms. The molecule has 0 amide bonds. The predicted octanol–water partition coefficient (Wildman–Crippen LogP) is 4.60. The van der Waals surface area contributed by atoms with Gasteiger partial charge in [-0.25, -0.2) is 0 Å². The van der Waals surface area contributed by atoms with Crippen LogP contribution >= 0.6 is 11.3 Å². The number of fused-ring (bicyclic) bond motifs is 1. The number of pyridine rings is 1. The van der Waals surface area contributed by atoms with Crippen molar-refractivity contribution in [2.45, 2.75) is 32.3 Å². The van der Waals surface area contributed by atoms with Crippen molar-refractivity contribution in [2.75, 3.05) is 0 Å². The lowest BCUT2D eigenvalue weighted by Crippen LogP contribution is -2.25. The zero-order valence-corrected chi connectivity index (χ0v) is 12.7. The molecule has 2 heterocycles. The summed E-state index contributed by atoms with van der Waals surface area (Å²) in [6, 6.07) is 6.44. The van der Waals surface area contributed by atoms with Crippen LogP contribution in [0.4, 0.5) is 0 Å². The molecule has 1 fully saturated rings. The molecule has 0 saturated heterocycles. The maximum atomic E-state index is 6.19. The monoisotopic (exact) mass is 296 g/mol. The normalized spacial score (nSPS) is 15.1. The van der Waals surface area contributed by atoms with E-state index in [4.69, 9.17) is 4.74 Å². The van der Waals surface area contributed by atoms with Crippen LogP contribution in [0.2, 0.25) is 0 Å². The van der Waals surface area contributed by atoms with E-state index in [2.05, 4.69) is 28.2 Å². The lowest BCUT2D eigenvalue weighted by Gasteiger charge is -2.27. The number of nitrogens with zero attached hydrogens (tertiary/aromatic N) is 2. The number of aryl methyl sites for hydroxylation is 1. The topological polar surface area (TPSA) is 35.0 Å². The van der Waals surface area contributed by atoms with Crippen molar-refractivity contribution in [1.82, 2.24) is 9.97 Å². The first-order valence-electron chi connectivity index (χ1n) is 7.26. The van der Waals surface area contributed by atoms with Crippen molar-refractivity contribution in [1.29, 1.82) is 0 Å². The molecule has 1 aliphatic rings. The van der Waals surface area contributed by atoms with Gasteiger partial charge in [0.2, 0.25) is 0 Å². The van der Waals surface area contributed by atoms with Gasteiger partial charge in [0.15, 0.2) is 0 Å². The van der Waals surface area contributed by atoms with Crippen molar-refractivity contribution >= 4 is 22.1 Å². The SMILES string of the molecule is Cc1ncc2ccc(-c3cncs3)cc2c1OC1CCC1. The first-order valence-corrected chi connectivity index (χ1v) is 8.14. The fraction of sp³-hybridized carbons (Fsp3) is 0.294. The minimum atomic E-state index is 0.364. The first-order chi connectivity index (χ1) is 10.3. The third kappa shape index (κ3) is 2.29. The number of benzene rings is 1.